The van der Waals surface area contributed by atoms with Gasteiger partial charge in [0.05, 0.1) is 0 Å². The van der Waals surface area contributed by atoms with Crippen LogP contribution in [0.25, 0.3) is 0 Å². The zero-order chi connectivity index (χ0) is 14.8. The van der Waals surface area contributed by atoms with Gasteiger partial charge in [0.15, 0.2) is 0 Å². The Morgan fingerprint density at radius 2 is 1.45 bits per heavy atom. The Kier molecular flexibility index (Phi) is 4.85. The Hall–Kier alpha value is -0.890. The standard InChI is InChI=1S/C16H16Cl3N/c1-12-8-10-13(11-9-12)15(16(17,18)19)20(2)14-6-4-3-5-7-14/h3-11,15H,1-2H3. The lowest BCUT2D eigenvalue weighted by Crippen LogP contribution is -2.34. The molecule has 1 unspecified atom stereocenters. The molecule has 0 aliphatic rings. The number of hydrogen-bond donors (Lipinski definition) is 0. The molecule has 0 aromatic heterocycles. The van der Waals surface area contributed by atoms with Gasteiger partial charge in [-0.1, -0.05) is 82.8 Å². The fourth-order valence-electron chi connectivity index (χ4n) is 2.19. The predicted octanol–water partition coefficient (Wildman–Crippen LogP) is 5.54. The molecule has 0 fully saturated rings. The van der Waals surface area contributed by atoms with Crippen LogP contribution < -0.4 is 4.90 Å². The van der Waals surface area contributed by atoms with Crippen molar-refractivity contribution in [2.75, 3.05) is 11.9 Å². The summed E-state index contributed by atoms with van der Waals surface area (Å²) in [6, 6.07) is 17.6. The van der Waals surface area contributed by atoms with Crippen LogP contribution in [-0.2, 0) is 0 Å². The molecule has 0 radical (unpaired) electrons. The summed E-state index contributed by atoms with van der Waals surface area (Å²) in [6.07, 6.45) is 0. The van der Waals surface area contributed by atoms with Crippen LogP contribution in [-0.4, -0.2) is 10.8 Å². The summed E-state index contributed by atoms with van der Waals surface area (Å²) in [6.45, 7) is 2.04. The number of halogens is 3. The van der Waals surface area contributed by atoms with E-state index in [-0.39, 0.29) is 6.04 Å². The molecular weight excluding hydrogens is 313 g/mol. The Balaban J connectivity index is 2.41. The number of anilines is 1. The molecule has 1 nitrogen and oxygen atoms in total. The molecule has 2 aromatic carbocycles. The van der Waals surface area contributed by atoms with E-state index in [1.54, 1.807) is 0 Å². The Labute approximate surface area is 135 Å². The minimum Gasteiger partial charge on any atom is -0.363 e. The monoisotopic (exact) mass is 327 g/mol. The highest BCUT2D eigenvalue weighted by molar-refractivity contribution is 6.68. The number of nitrogens with zero attached hydrogens (tertiary/aromatic N) is 1. The number of rotatable bonds is 3. The Morgan fingerprint density at radius 1 is 0.900 bits per heavy atom. The summed E-state index contributed by atoms with van der Waals surface area (Å²) in [5.74, 6) is 0. The zero-order valence-electron chi connectivity index (χ0n) is 11.4. The van der Waals surface area contributed by atoms with Crippen molar-refractivity contribution in [1.82, 2.24) is 0 Å². The van der Waals surface area contributed by atoms with Gasteiger partial charge in [-0.25, -0.2) is 0 Å². The number of benzene rings is 2. The smallest absolute Gasteiger partial charge is 0.214 e. The Morgan fingerprint density at radius 3 is 1.95 bits per heavy atom. The maximum atomic E-state index is 6.21. The molecule has 2 aromatic rings. The van der Waals surface area contributed by atoms with Gasteiger partial charge in [0.25, 0.3) is 0 Å². The van der Waals surface area contributed by atoms with Gasteiger partial charge in [-0.3, -0.25) is 0 Å². The lowest BCUT2D eigenvalue weighted by Gasteiger charge is -2.35. The van der Waals surface area contributed by atoms with E-state index in [0.717, 1.165) is 11.3 Å². The molecule has 1 atom stereocenters. The summed E-state index contributed by atoms with van der Waals surface area (Å²) >= 11 is 18.6. The Bertz CT molecular complexity index is 546. The van der Waals surface area contributed by atoms with Gasteiger partial charge in [-0.2, -0.15) is 0 Å². The minimum absolute atomic E-state index is 0.351. The van der Waals surface area contributed by atoms with Gasteiger partial charge in [0.1, 0.15) is 6.04 Å². The van der Waals surface area contributed by atoms with Gasteiger partial charge in [0, 0.05) is 12.7 Å². The van der Waals surface area contributed by atoms with E-state index < -0.39 is 3.79 Å². The normalized spacial score (nSPS) is 13.1. The molecule has 0 saturated carbocycles. The van der Waals surface area contributed by atoms with Gasteiger partial charge in [-0.15, -0.1) is 0 Å². The lowest BCUT2D eigenvalue weighted by atomic mass is 10.0. The number of hydrogen-bond acceptors (Lipinski definition) is 1. The lowest BCUT2D eigenvalue weighted by molar-refractivity contribution is 0.686. The third-order valence-electron chi connectivity index (χ3n) is 3.25. The zero-order valence-corrected chi connectivity index (χ0v) is 13.6. The van der Waals surface area contributed by atoms with E-state index in [1.165, 1.54) is 5.56 Å². The van der Waals surface area contributed by atoms with Crippen LogP contribution in [0.3, 0.4) is 0 Å². The molecule has 20 heavy (non-hydrogen) atoms. The van der Waals surface area contributed by atoms with Crippen molar-refractivity contribution in [1.29, 1.82) is 0 Å². The second-order valence-electron chi connectivity index (χ2n) is 4.80. The van der Waals surface area contributed by atoms with Gasteiger partial charge in [-0.05, 0) is 24.6 Å². The van der Waals surface area contributed by atoms with Crippen molar-refractivity contribution < 1.29 is 0 Å². The first-order valence-corrected chi connectivity index (χ1v) is 7.44. The number of aryl methyl sites for hydroxylation is 1. The molecule has 0 N–H and O–H groups in total. The highest BCUT2D eigenvalue weighted by Gasteiger charge is 2.37. The molecule has 106 valence electrons. The molecule has 0 amide bonds. The van der Waals surface area contributed by atoms with Crippen LogP contribution in [0.15, 0.2) is 54.6 Å². The highest BCUT2D eigenvalue weighted by Crippen LogP contribution is 2.44. The topological polar surface area (TPSA) is 3.24 Å². The molecule has 0 spiro atoms. The second-order valence-corrected chi connectivity index (χ2v) is 7.17. The maximum absolute atomic E-state index is 6.21. The van der Waals surface area contributed by atoms with E-state index in [4.69, 9.17) is 34.8 Å². The molecule has 0 aliphatic carbocycles. The van der Waals surface area contributed by atoms with Gasteiger partial charge >= 0.3 is 0 Å². The van der Waals surface area contributed by atoms with Crippen molar-refractivity contribution in [3.05, 3.63) is 65.7 Å². The fraction of sp³-hybridized carbons (Fsp3) is 0.250. The fourth-order valence-corrected chi connectivity index (χ4v) is 3.01. The molecule has 0 bridgehead atoms. The molecule has 0 aliphatic heterocycles. The first-order valence-electron chi connectivity index (χ1n) is 6.31. The van der Waals surface area contributed by atoms with E-state index in [0.29, 0.717) is 0 Å². The van der Waals surface area contributed by atoms with Crippen LogP contribution in [0, 0.1) is 6.92 Å². The second kappa shape index (κ2) is 6.26. The molecular formula is C16H16Cl3N. The first kappa shape index (κ1) is 15.5. The quantitative estimate of drug-likeness (QED) is 0.668. The number of para-hydroxylation sites is 1. The van der Waals surface area contributed by atoms with E-state index in [9.17, 15) is 0 Å². The predicted molar refractivity (Wildman–Crippen MR) is 89.1 cm³/mol. The third kappa shape index (κ3) is 3.60. The average Bonchev–Trinajstić information content (AvgIpc) is 2.41. The SMILES string of the molecule is Cc1ccc(C(N(C)c2ccccc2)C(Cl)(Cl)Cl)cc1. The summed E-state index contributed by atoms with van der Waals surface area (Å²) < 4.78 is -1.42. The van der Waals surface area contributed by atoms with Crippen molar-refractivity contribution >= 4 is 40.5 Å². The third-order valence-corrected chi connectivity index (χ3v) is 3.87. The van der Waals surface area contributed by atoms with E-state index in [2.05, 4.69) is 0 Å². The van der Waals surface area contributed by atoms with Crippen molar-refractivity contribution in [2.24, 2.45) is 0 Å². The molecule has 0 saturated heterocycles. The molecule has 2 rings (SSSR count). The van der Waals surface area contributed by atoms with Crippen molar-refractivity contribution in [3.8, 4) is 0 Å². The van der Waals surface area contributed by atoms with Crippen LogP contribution in [0.4, 0.5) is 5.69 Å². The summed E-state index contributed by atoms with van der Waals surface area (Å²) in [4.78, 5) is 1.98. The van der Waals surface area contributed by atoms with Crippen LogP contribution >= 0.6 is 34.8 Å². The molecule has 0 heterocycles. The van der Waals surface area contributed by atoms with E-state index in [1.807, 2.05) is 73.5 Å². The van der Waals surface area contributed by atoms with Crippen LogP contribution in [0.1, 0.15) is 17.2 Å². The summed E-state index contributed by atoms with van der Waals surface area (Å²) in [5.41, 5.74) is 3.16. The van der Waals surface area contributed by atoms with Crippen LogP contribution in [0.5, 0.6) is 0 Å². The highest BCUT2D eigenvalue weighted by atomic mass is 35.6. The average molecular weight is 329 g/mol. The first-order chi connectivity index (χ1) is 9.39. The van der Waals surface area contributed by atoms with Gasteiger partial charge in [0.2, 0.25) is 3.79 Å². The van der Waals surface area contributed by atoms with Crippen molar-refractivity contribution in [3.63, 3.8) is 0 Å². The van der Waals surface area contributed by atoms with Gasteiger partial charge < -0.3 is 4.90 Å². The number of alkyl halides is 3. The maximum Gasteiger partial charge on any atom is 0.214 e. The minimum atomic E-state index is -1.42. The summed E-state index contributed by atoms with van der Waals surface area (Å²) in [7, 11) is 1.93. The molecule has 4 heteroatoms. The largest absolute Gasteiger partial charge is 0.363 e. The van der Waals surface area contributed by atoms with Crippen LogP contribution in [0.2, 0.25) is 0 Å². The van der Waals surface area contributed by atoms with Crippen molar-refractivity contribution in [2.45, 2.75) is 16.8 Å². The summed E-state index contributed by atoms with van der Waals surface area (Å²) in [5, 5.41) is 0. The van der Waals surface area contributed by atoms with E-state index >= 15 is 0 Å².